The minimum atomic E-state index is -4.26. The zero-order valence-electron chi connectivity index (χ0n) is 17.0. The number of carbonyl (C=O) groups excluding carboxylic acids is 2. The lowest BCUT2D eigenvalue weighted by molar-refractivity contribution is -0.202. The van der Waals surface area contributed by atoms with Crippen LogP contribution < -0.4 is 0 Å². The molecular weight excluding hydrogens is 418 g/mol. The Morgan fingerprint density at radius 2 is 1.48 bits per heavy atom. The quantitative estimate of drug-likeness (QED) is 0.238. The van der Waals surface area contributed by atoms with Crippen LogP contribution in [0.2, 0.25) is 0 Å². The summed E-state index contributed by atoms with van der Waals surface area (Å²) in [6.07, 6.45) is 0. The fourth-order valence-corrected chi connectivity index (χ4v) is 3.35. The molecular formula is C22H19F4NO4. The smallest absolute Gasteiger partial charge is 0.329 e. The highest BCUT2D eigenvalue weighted by atomic mass is 19.3. The van der Waals surface area contributed by atoms with Crippen molar-refractivity contribution in [2.24, 2.45) is 5.41 Å². The van der Waals surface area contributed by atoms with Crippen LogP contribution >= 0.6 is 0 Å². The van der Waals surface area contributed by atoms with E-state index in [9.17, 15) is 18.4 Å². The van der Waals surface area contributed by atoms with Gasteiger partial charge in [0.2, 0.25) is 5.41 Å². The summed E-state index contributed by atoms with van der Waals surface area (Å²) in [4.78, 5) is 28.9. The lowest BCUT2D eigenvalue weighted by Crippen LogP contribution is -2.51. The summed E-state index contributed by atoms with van der Waals surface area (Å²) < 4.78 is 69.7. The second-order valence-electron chi connectivity index (χ2n) is 6.93. The van der Waals surface area contributed by atoms with Crippen molar-refractivity contribution >= 4 is 33.6 Å². The second kappa shape index (κ2) is 8.13. The Morgan fingerprint density at radius 3 is 2.03 bits per heavy atom. The van der Waals surface area contributed by atoms with Crippen molar-refractivity contribution in [3.8, 4) is 0 Å². The van der Waals surface area contributed by atoms with Gasteiger partial charge in [0, 0.05) is 16.8 Å². The van der Waals surface area contributed by atoms with Gasteiger partial charge in [-0.15, -0.1) is 0 Å². The Bertz CT molecular complexity index is 1160. The lowest BCUT2D eigenvalue weighted by Gasteiger charge is -2.33. The maximum absolute atomic E-state index is 16.0. The highest BCUT2D eigenvalue weighted by Gasteiger charge is 2.65. The van der Waals surface area contributed by atoms with Crippen molar-refractivity contribution in [2.75, 3.05) is 13.2 Å². The number of halogens is 4. The Labute approximate surface area is 175 Å². The summed E-state index contributed by atoms with van der Waals surface area (Å²) in [6, 6.07) is 7.08. The molecule has 0 fully saturated rings. The second-order valence-corrected chi connectivity index (χ2v) is 6.93. The van der Waals surface area contributed by atoms with E-state index in [1.54, 1.807) is 0 Å². The molecule has 0 atom stereocenters. The van der Waals surface area contributed by atoms with E-state index in [0.717, 1.165) is 6.07 Å². The molecule has 1 heterocycles. The third-order valence-electron chi connectivity index (χ3n) is 5.02. The molecule has 0 aliphatic carbocycles. The van der Waals surface area contributed by atoms with E-state index in [-0.39, 0.29) is 29.4 Å². The van der Waals surface area contributed by atoms with Crippen LogP contribution in [0.25, 0.3) is 21.7 Å². The van der Waals surface area contributed by atoms with E-state index in [1.165, 1.54) is 38.1 Å². The van der Waals surface area contributed by atoms with Crippen LogP contribution in [0.3, 0.4) is 0 Å². The van der Waals surface area contributed by atoms with E-state index in [2.05, 4.69) is 4.98 Å². The first-order valence-corrected chi connectivity index (χ1v) is 9.49. The van der Waals surface area contributed by atoms with Gasteiger partial charge >= 0.3 is 17.9 Å². The predicted octanol–water partition coefficient (Wildman–Crippen LogP) is 4.89. The molecule has 0 unspecified atom stereocenters. The largest absolute Gasteiger partial charge is 0.465 e. The summed E-state index contributed by atoms with van der Waals surface area (Å²) >= 11 is 0. The van der Waals surface area contributed by atoms with Crippen LogP contribution in [-0.4, -0.2) is 30.1 Å². The highest BCUT2D eigenvalue weighted by molar-refractivity contribution is 6.08. The average molecular weight is 437 g/mol. The summed E-state index contributed by atoms with van der Waals surface area (Å²) in [5.41, 5.74) is -4.64. The molecule has 3 aromatic rings. The van der Waals surface area contributed by atoms with E-state index < -0.39 is 46.1 Å². The molecule has 0 radical (unpaired) electrons. The molecule has 0 saturated carbocycles. The number of pyridine rings is 1. The van der Waals surface area contributed by atoms with Crippen LogP contribution in [0.1, 0.15) is 26.5 Å². The van der Waals surface area contributed by atoms with Crippen molar-refractivity contribution in [2.45, 2.75) is 26.7 Å². The molecule has 0 amide bonds. The van der Waals surface area contributed by atoms with Crippen molar-refractivity contribution in [3.63, 3.8) is 0 Å². The summed E-state index contributed by atoms with van der Waals surface area (Å²) in [6.45, 7) is 2.97. The van der Waals surface area contributed by atoms with E-state index in [1.807, 2.05) is 0 Å². The van der Waals surface area contributed by atoms with Crippen molar-refractivity contribution in [1.82, 2.24) is 4.98 Å². The monoisotopic (exact) mass is 437 g/mol. The first-order valence-electron chi connectivity index (χ1n) is 9.49. The number of nitrogens with zero attached hydrogens (tertiary/aromatic N) is 1. The molecule has 0 spiro atoms. The Balaban J connectivity index is 2.40. The van der Waals surface area contributed by atoms with Gasteiger partial charge in [-0.25, -0.2) is 13.8 Å². The van der Waals surface area contributed by atoms with E-state index in [0.29, 0.717) is 13.0 Å². The lowest BCUT2D eigenvalue weighted by atomic mass is 9.79. The van der Waals surface area contributed by atoms with Gasteiger partial charge in [-0.2, -0.15) is 8.78 Å². The summed E-state index contributed by atoms with van der Waals surface area (Å²) in [7, 11) is 0. The van der Waals surface area contributed by atoms with Gasteiger partial charge in [0.15, 0.2) is 5.82 Å². The van der Waals surface area contributed by atoms with Gasteiger partial charge < -0.3 is 9.47 Å². The average Bonchev–Trinajstić information content (AvgIpc) is 2.72. The maximum Gasteiger partial charge on any atom is 0.329 e. The molecule has 0 N–H and O–H groups in total. The molecule has 31 heavy (non-hydrogen) atoms. The SMILES string of the molecule is CCOC(=O)C(C)(C(=O)OCC)C(F)(F)c1nc2c(F)cc(F)cc2c2ccccc12. The van der Waals surface area contributed by atoms with E-state index in [4.69, 9.17) is 9.47 Å². The maximum atomic E-state index is 16.0. The number of esters is 2. The van der Waals surface area contributed by atoms with Gasteiger partial charge in [-0.05, 0) is 32.2 Å². The molecule has 1 aromatic heterocycles. The Kier molecular flexibility index (Phi) is 5.89. The van der Waals surface area contributed by atoms with Crippen molar-refractivity contribution in [3.05, 3.63) is 53.7 Å². The molecule has 3 rings (SSSR count). The third kappa shape index (κ3) is 3.47. The van der Waals surface area contributed by atoms with Gasteiger partial charge in [-0.1, -0.05) is 24.3 Å². The highest BCUT2D eigenvalue weighted by Crippen LogP contribution is 2.49. The van der Waals surface area contributed by atoms with E-state index >= 15 is 8.78 Å². The number of aromatic nitrogens is 1. The first kappa shape index (κ1) is 22.5. The minimum absolute atomic E-state index is 0.0263. The number of rotatable bonds is 6. The Hall–Kier alpha value is -3.23. The molecule has 0 aliphatic rings. The topological polar surface area (TPSA) is 65.5 Å². The number of hydrogen-bond donors (Lipinski definition) is 0. The standard InChI is InChI=1S/C22H19F4NO4/c1-4-30-19(28)21(3,20(29)31-5-2)22(25,26)18-14-9-7-6-8-13(14)15-10-12(23)11-16(24)17(15)27-18/h6-11H,4-5H2,1-3H3. The fourth-order valence-electron chi connectivity index (χ4n) is 3.35. The summed E-state index contributed by atoms with van der Waals surface area (Å²) in [5.74, 6) is -9.35. The number of benzene rings is 2. The number of ether oxygens (including phenoxy) is 2. The fraction of sp³-hybridized carbons (Fsp3) is 0.318. The third-order valence-corrected chi connectivity index (χ3v) is 5.02. The summed E-state index contributed by atoms with van der Waals surface area (Å²) in [5, 5.41) is -0.123. The number of fused-ring (bicyclic) bond motifs is 3. The zero-order valence-corrected chi connectivity index (χ0v) is 17.0. The van der Waals surface area contributed by atoms with Gasteiger partial charge in [0.05, 0.1) is 13.2 Å². The first-order chi connectivity index (χ1) is 14.6. The van der Waals surface area contributed by atoms with Gasteiger partial charge in [0.1, 0.15) is 17.0 Å². The van der Waals surface area contributed by atoms with Crippen LogP contribution in [-0.2, 0) is 25.0 Å². The molecule has 0 saturated heterocycles. The molecule has 9 heteroatoms. The molecule has 164 valence electrons. The van der Waals surface area contributed by atoms with Crippen LogP contribution in [0, 0.1) is 17.0 Å². The molecule has 5 nitrogen and oxygen atoms in total. The van der Waals surface area contributed by atoms with Crippen LogP contribution in [0.4, 0.5) is 17.6 Å². The van der Waals surface area contributed by atoms with Crippen LogP contribution in [0.5, 0.6) is 0 Å². The molecule has 2 aromatic carbocycles. The number of carbonyl (C=O) groups is 2. The minimum Gasteiger partial charge on any atom is -0.465 e. The predicted molar refractivity (Wildman–Crippen MR) is 104 cm³/mol. The van der Waals surface area contributed by atoms with Crippen molar-refractivity contribution < 1.29 is 36.6 Å². The normalized spacial score (nSPS) is 12.2. The zero-order chi connectivity index (χ0) is 23.0. The Morgan fingerprint density at radius 1 is 0.935 bits per heavy atom. The number of hydrogen-bond acceptors (Lipinski definition) is 5. The van der Waals surface area contributed by atoms with Crippen molar-refractivity contribution in [1.29, 1.82) is 0 Å². The van der Waals surface area contributed by atoms with Gasteiger partial charge in [-0.3, -0.25) is 9.59 Å². The number of alkyl halides is 2. The molecule has 0 bridgehead atoms. The van der Waals surface area contributed by atoms with Gasteiger partial charge in [0.25, 0.3) is 0 Å². The van der Waals surface area contributed by atoms with Crippen LogP contribution in [0.15, 0.2) is 36.4 Å². The molecule has 0 aliphatic heterocycles.